The summed E-state index contributed by atoms with van der Waals surface area (Å²) >= 11 is 0. The maximum Gasteiger partial charge on any atom is 0.333 e. The van der Waals surface area contributed by atoms with E-state index in [1.807, 2.05) is 60.7 Å². The second kappa shape index (κ2) is 11.2. The number of ether oxygens (including phenoxy) is 2. The molecule has 0 heterocycles. The second-order valence-electron chi connectivity index (χ2n) is 6.90. The molecule has 0 amide bonds. The Morgan fingerprint density at radius 1 is 0.806 bits per heavy atom. The number of rotatable bonds is 9. The van der Waals surface area contributed by atoms with Crippen LogP contribution in [0.15, 0.2) is 112 Å². The third kappa shape index (κ3) is 6.59. The Hall–Kier alpha value is -3.31. The molecular weight excluding hydrogens is 408 g/mol. The molecule has 0 saturated heterocycles. The highest BCUT2D eigenvalue weighted by atomic mass is 32.2. The van der Waals surface area contributed by atoms with Crippen LogP contribution in [0.25, 0.3) is 0 Å². The van der Waals surface area contributed by atoms with Crippen LogP contribution in [0, 0.1) is 0 Å². The van der Waals surface area contributed by atoms with Gasteiger partial charge >= 0.3 is 11.9 Å². The minimum atomic E-state index is -0.448. The van der Waals surface area contributed by atoms with Crippen LogP contribution in [0.5, 0.6) is 5.75 Å². The van der Waals surface area contributed by atoms with Crippen molar-refractivity contribution in [3.8, 4) is 5.75 Å². The van der Waals surface area contributed by atoms with E-state index in [1.165, 1.54) is 9.79 Å². The van der Waals surface area contributed by atoms with E-state index in [9.17, 15) is 9.59 Å². The van der Waals surface area contributed by atoms with Gasteiger partial charge in [0, 0.05) is 12.0 Å². The highest BCUT2D eigenvalue weighted by Gasteiger charge is 2.28. The van der Waals surface area contributed by atoms with Gasteiger partial charge < -0.3 is 9.47 Å². The fourth-order valence-electron chi connectivity index (χ4n) is 2.85. The highest BCUT2D eigenvalue weighted by molar-refractivity contribution is 7.97. The number of carbonyl (C=O) groups is 2. The lowest BCUT2D eigenvalue weighted by atomic mass is 10.3. The van der Waals surface area contributed by atoms with Gasteiger partial charge in [0.05, 0.1) is 17.5 Å². The highest BCUT2D eigenvalue weighted by Crippen LogP contribution is 2.31. The van der Waals surface area contributed by atoms with Crippen molar-refractivity contribution < 1.29 is 19.1 Å². The van der Waals surface area contributed by atoms with Gasteiger partial charge in [0.15, 0.2) is 14.7 Å². The van der Waals surface area contributed by atoms with Gasteiger partial charge in [-0.15, -0.1) is 0 Å². The molecule has 0 radical (unpaired) electrons. The maximum atomic E-state index is 12.1. The largest absolute Gasteiger partial charge is 0.462 e. The van der Waals surface area contributed by atoms with Crippen LogP contribution in [-0.4, -0.2) is 18.5 Å². The Kier molecular flexibility index (Phi) is 8.07. The van der Waals surface area contributed by atoms with Crippen LogP contribution < -0.4 is 4.74 Å². The molecule has 0 atom stereocenters. The second-order valence-corrected chi connectivity index (χ2v) is 8.92. The SMILES string of the molecule is C=C(C)C(=O)OCCCC(=O)Oc1ccc([S+](c2ccccc2)c2ccccc2)cc1. The summed E-state index contributed by atoms with van der Waals surface area (Å²) in [6, 6.07) is 28.4. The third-order valence-electron chi connectivity index (χ3n) is 4.36. The molecule has 0 aliphatic heterocycles. The molecule has 0 saturated carbocycles. The van der Waals surface area contributed by atoms with E-state index in [0.717, 1.165) is 4.90 Å². The Labute approximate surface area is 185 Å². The van der Waals surface area contributed by atoms with Gasteiger partial charge in [0.25, 0.3) is 0 Å². The van der Waals surface area contributed by atoms with Crippen LogP contribution in [0.2, 0.25) is 0 Å². The fourth-order valence-corrected chi connectivity index (χ4v) is 4.94. The Balaban J connectivity index is 1.63. The van der Waals surface area contributed by atoms with Gasteiger partial charge in [-0.2, -0.15) is 0 Å². The quantitative estimate of drug-likeness (QED) is 0.145. The fraction of sp³-hybridized carbons (Fsp3) is 0.154. The zero-order valence-corrected chi connectivity index (χ0v) is 18.3. The monoisotopic (exact) mass is 433 g/mol. The number of hydrogen-bond acceptors (Lipinski definition) is 4. The zero-order chi connectivity index (χ0) is 22.1. The number of esters is 2. The average Bonchev–Trinajstić information content (AvgIpc) is 2.79. The number of hydrogen-bond donors (Lipinski definition) is 0. The molecule has 4 nitrogen and oxygen atoms in total. The van der Waals surface area contributed by atoms with Crippen molar-refractivity contribution in [3.63, 3.8) is 0 Å². The van der Waals surface area contributed by atoms with Crippen molar-refractivity contribution in [1.29, 1.82) is 0 Å². The molecule has 31 heavy (non-hydrogen) atoms. The Morgan fingerprint density at radius 2 is 1.32 bits per heavy atom. The molecule has 3 rings (SSSR count). The van der Waals surface area contributed by atoms with Gasteiger partial charge in [0.1, 0.15) is 5.75 Å². The van der Waals surface area contributed by atoms with Crippen molar-refractivity contribution in [1.82, 2.24) is 0 Å². The molecule has 158 valence electrons. The van der Waals surface area contributed by atoms with Crippen molar-refractivity contribution in [2.24, 2.45) is 0 Å². The molecule has 0 fully saturated rings. The Morgan fingerprint density at radius 3 is 1.84 bits per heavy atom. The van der Waals surface area contributed by atoms with Crippen LogP contribution >= 0.6 is 0 Å². The normalized spacial score (nSPS) is 10.5. The Bertz CT molecular complexity index is 975. The molecule has 3 aromatic carbocycles. The van der Waals surface area contributed by atoms with Gasteiger partial charge in [-0.1, -0.05) is 43.0 Å². The maximum absolute atomic E-state index is 12.1. The van der Waals surface area contributed by atoms with E-state index in [4.69, 9.17) is 9.47 Å². The van der Waals surface area contributed by atoms with Crippen molar-refractivity contribution in [2.75, 3.05) is 6.61 Å². The topological polar surface area (TPSA) is 52.6 Å². The van der Waals surface area contributed by atoms with Gasteiger partial charge in [0.2, 0.25) is 0 Å². The minimum Gasteiger partial charge on any atom is -0.462 e. The summed E-state index contributed by atoms with van der Waals surface area (Å²) in [7, 11) is -0.246. The predicted molar refractivity (Wildman–Crippen MR) is 122 cm³/mol. The summed E-state index contributed by atoms with van der Waals surface area (Å²) in [4.78, 5) is 27.0. The van der Waals surface area contributed by atoms with E-state index >= 15 is 0 Å². The number of carbonyl (C=O) groups excluding carboxylic acids is 2. The first-order chi connectivity index (χ1) is 15.0. The van der Waals surface area contributed by atoms with Gasteiger partial charge in [-0.05, 0) is 61.9 Å². The molecule has 0 aromatic heterocycles. The summed E-state index contributed by atoms with van der Waals surface area (Å²) in [5.41, 5.74) is 0.340. The van der Waals surface area contributed by atoms with E-state index in [1.54, 1.807) is 6.92 Å². The molecule has 3 aromatic rings. The summed E-state index contributed by atoms with van der Waals surface area (Å²) in [5.74, 6) is -0.308. The van der Waals surface area contributed by atoms with Crippen LogP contribution in [0.1, 0.15) is 19.8 Å². The average molecular weight is 434 g/mol. The molecule has 0 N–H and O–H groups in total. The molecule has 5 heteroatoms. The molecule has 0 bridgehead atoms. The van der Waals surface area contributed by atoms with Gasteiger partial charge in [-0.3, -0.25) is 4.79 Å². The summed E-state index contributed by atoms with van der Waals surface area (Å²) in [5, 5.41) is 0. The molecule has 0 aliphatic rings. The van der Waals surface area contributed by atoms with Crippen molar-refractivity contribution in [2.45, 2.75) is 34.5 Å². The van der Waals surface area contributed by atoms with Crippen LogP contribution in [-0.2, 0) is 25.2 Å². The first-order valence-corrected chi connectivity index (χ1v) is 11.2. The third-order valence-corrected chi connectivity index (χ3v) is 6.59. The van der Waals surface area contributed by atoms with E-state index in [0.29, 0.717) is 17.7 Å². The van der Waals surface area contributed by atoms with Crippen LogP contribution in [0.3, 0.4) is 0 Å². The predicted octanol–water partition coefficient (Wildman–Crippen LogP) is 5.59. The zero-order valence-electron chi connectivity index (χ0n) is 17.5. The lowest BCUT2D eigenvalue weighted by molar-refractivity contribution is -0.141. The van der Waals surface area contributed by atoms with Crippen LogP contribution in [0.4, 0.5) is 0 Å². The van der Waals surface area contributed by atoms with E-state index < -0.39 is 5.97 Å². The van der Waals surface area contributed by atoms with Crippen molar-refractivity contribution >= 4 is 22.8 Å². The first-order valence-electron chi connectivity index (χ1n) is 10.0. The minimum absolute atomic E-state index is 0.163. The summed E-state index contributed by atoms with van der Waals surface area (Å²) < 4.78 is 10.4. The smallest absolute Gasteiger partial charge is 0.333 e. The lowest BCUT2D eigenvalue weighted by Crippen LogP contribution is -2.11. The van der Waals surface area contributed by atoms with Gasteiger partial charge in [-0.25, -0.2) is 4.79 Å². The number of benzene rings is 3. The van der Waals surface area contributed by atoms with Crippen molar-refractivity contribution in [3.05, 3.63) is 97.1 Å². The first kappa shape index (κ1) is 22.4. The standard InChI is InChI=1S/C26H25O4S/c1-20(2)26(28)29-19-9-14-25(27)30-21-15-17-24(18-16-21)31(22-10-5-3-6-11-22)23-12-7-4-8-13-23/h3-8,10-13,15-18H,1,9,14,19H2,2H3/q+1. The summed E-state index contributed by atoms with van der Waals surface area (Å²) in [6.07, 6.45) is 0.574. The summed E-state index contributed by atoms with van der Waals surface area (Å²) in [6.45, 7) is 5.26. The molecule has 0 unspecified atom stereocenters. The van der Waals surface area contributed by atoms with E-state index in [-0.39, 0.29) is 29.9 Å². The van der Waals surface area contributed by atoms with E-state index in [2.05, 4.69) is 30.8 Å². The molecule has 0 spiro atoms. The molecular formula is C26H25O4S+. The lowest BCUT2D eigenvalue weighted by Gasteiger charge is -2.09. The molecule has 0 aliphatic carbocycles.